The van der Waals surface area contributed by atoms with Crippen LogP contribution in [0.25, 0.3) is 0 Å². The summed E-state index contributed by atoms with van der Waals surface area (Å²) in [5.41, 5.74) is 3.37. The van der Waals surface area contributed by atoms with Gasteiger partial charge in [-0.05, 0) is 32.0 Å². The number of allylic oxidation sites excluding steroid dienone is 3. The maximum absolute atomic E-state index is 3.42. The second-order valence-electron chi connectivity index (χ2n) is 3.58. The van der Waals surface area contributed by atoms with Crippen LogP contribution in [0.1, 0.15) is 20.8 Å². The van der Waals surface area contributed by atoms with Gasteiger partial charge in [-0.2, -0.15) is 0 Å². The van der Waals surface area contributed by atoms with Crippen molar-refractivity contribution in [3.05, 3.63) is 29.2 Å². The Labute approximate surface area is 70.8 Å². The highest BCUT2D eigenvalue weighted by Crippen LogP contribution is 2.02. The van der Waals surface area contributed by atoms with Crippen LogP contribution in [-0.2, 0) is 0 Å². The van der Waals surface area contributed by atoms with E-state index >= 15 is 0 Å². The maximum atomic E-state index is 3.42. The van der Waals surface area contributed by atoms with Gasteiger partial charge in [-0.3, -0.25) is 0 Å². The second-order valence-corrected chi connectivity index (χ2v) is 4.62. The fraction of sp³-hybridized carbons (Fsp3) is 0.444. The van der Waals surface area contributed by atoms with Crippen LogP contribution in [-0.4, -0.2) is 15.2 Å². The first-order chi connectivity index (χ1) is 5.08. The molecule has 0 saturated heterocycles. The molecule has 0 saturated carbocycles. The van der Waals surface area contributed by atoms with E-state index in [4.69, 9.17) is 0 Å². The number of nitrogens with one attached hydrogen (secondary N) is 1. The average molecular weight is 163 g/mol. The molecule has 0 heterocycles. The third-order valence-electron chi connectivity index (χ3n) is 1.17. The van der Waals surface area contributed by atoms with E-state index in [2.05, 4.69) is 37.6 Å². The van der Waals surface area contributed by atoms with Gasteiger partial charge in [0.1, 0.15) is 0 Å². The van der Waals surface area contributed by atoms with Crippen molar-refractivity contribution in [3.63, 3.8) is 0 Å². The first-order valence-corrected chi connectivity index (χ1v) is 4.74. The van der Waals surface area contributed by atoms with Crippen molar-refractivity contribution in [1.82, 2.24) is 4.98 Å². The molecule has 0 fully saturated rings. The number of hydrogen-bond acceptors (Lipinski definition) is 1. The van der Waals surface area contributed by atoms with Crippen molar-refractivity contribution in [2.45, 2.75) is 26.3 Å². The van der Waals surface area contributed by atoms with Crippen molar-refractivity contribution in [1.29, 1.82) is 0 Å². The lowest BCUT2D eigenvalue weighted by Crippen LogP contribution is -2.39. The molecule has 58 valence electrons. The van der Waals surface area contributed by atoms with E-state index < -0.39 is 0 Å². The van der Waals surface area contributed by atoms with E-state index in [0.717, 1.165) is 0 Å². The summed E-state index contributed by atoms with van der Waals surface area (Å²) < 4.78 is 0. The molecule has 1 aliphatic carbocycles. The van der Waals surface area contributed by atoms with Gasteiger partial charge in [0.05, 0.1) is 0 Å². The molecular weight excluding hydrogens is 150 g/mol. The van der Waals surface area contributed by atoms with Gasteiger partial charge in [0, 0.05) is 5.54 Å². The highest BCUT2D eigenvalue weighted by atomic mass is 28.2. The molecule has 0 aliphatic heterocycles. The highest BCUT2D eigenvalue weighted by Gasteiger charge is 2.09. The van der Waals surface area contributed by atoms with Gasteiger partial charge in [-0.25, -0.2) is 0 Å². The molecule has 11 heavy (non-hydrogen) atoms. The van der Waals surface area contributed by atoms with E-state index in [-0.39, 0.29) is 5.54 Å². The van der Waals surface area contributed by atoms with Crippen LogP contribution >= 0.6 is 0 Å². The standard InChI is InChI=1S/C9H13NSi/c1-9(2,3)10-11-8-6-4-5-7-8/h4-6,10H,1-3H3. The smallest absolute Gasteiger partial charge is 0.189 e. The summed E-state index contributed by atoms with van der Waals surface area (Å²) in [5, 5.41) is 1.26. The predicted molar refractivity (Wildman–Crippen MR) is 49.4 cm³/mol. The summed E-state index contributed by atoms with van der Waals surface area (Å²) in [6.45, 7) is 6.51. The average Bonchev–Trinajstić information content (AvgIpc) is 2.32. The molecule has 0 amide bonds. The quantitative estimate of drug-likeness (QED) is 0.481. The van der Waals surface area contributed by atoms with Crippen LogP contribution in [0.15, 0.2) is 29.2 Å². The zero-order chi connectivity index (χ0) is 8.32. The second kappa shape index (κ2) is 3.22. The minimum Gasteiger partial charge on any atom is -0.330 e. The normalized spacial score (nSPS) is 15.7. The van der Waals surface area contributed by atoms with Gasteiger partial charge in [0.25, 0.3) is 0 Å². The molecular formula is C9H13NSi. The topological polar surface area (TPSA) is 12.0 Å². The zero-order valence-electron chi connectivity index (χ0n) is 7.23. The van der Waals surface area contributed by atoms with Crippen molar-refractivity contribution in [2.75, 3.05) is 0 Å². The summed E-state index contributed by atoms with van der Waals surface area (Å²) in [7, 11) is 0.675. The number of rotatable bonds is 2. The molecule has 1 nitrogen and oxygen atoms in total. The molecule has 0 aromatic rings. The largest absolute Gasteiger partial charge is 0.330 e. The lowest BCUT2D eigenvalue weighted by Gasteiger charge is -2.19. The monoisotopic (exact) mass is 163 g/mol. The molecule has 1 N–H and O–H groups in total. The lowest BCUT2D eigenvalue weighted by molar-refractivity contribution is 0.524. The summed E-state index contributed by atoms with van der Waals surface area (Å²) in [4.78, 5) is 3.42. The Balaban J connectivity index is 2.34. The molecule has 2 radical (unpaired) electrons. The first kappa shape index (κ1) is 8.53. The third-order valence-corrected chi connectivity index (χ3v) is 2.63. The molecule has 0 unspecified atom stereocenters. The summed E-state index contributed by atoms with van der Waals surface area (Å²) in [6.07, 6.45) is 6.07. The van der Waals surface area contributed by atoms with Gasteiger partial charge >= 0.3 is 0 Å². The third kappa shape index (κ3) is 3.37. The minimum absolute atomic E-state index is 0.212. The fourth-order valence-electron chi connectivity index (χ4n) is 0.663. The van der Waals surface area contributed by atoms with Crippen molar-refractivity contribution >= 4 is 9.68 Å². The van der Waals surface area contributed by atoms with Crippen LogP contribution in [0, 0.1) is 0 Å². The van der Waals surface area contributed by atoms with E-state index in [9.17, 15) is 0 Å². The molecule has 1 rings (SSSR count). The van der Waals surface area contributed by atoms with Gasteiger partial charge < -0.3 is 4.98 Å². The fourth-order valence-corrected chi connectivity index (χ4v) is 1.51. The van der Waals surface area contributed by atoms with E-state index in [1.165, 1.54) is 5.20 Å². The Morgan fingerprint density at radius 3 is 2.64 bits per heavy atom. The Morgan fingerprint density at radius 1 is 1.45 bits per heavy atom. The van der Waals surface area contributed by atoms with Gasteiger partial charge in [0.2, 0.25) is 0 Å². The Kier molecular flexibility index (Phi) is 2.50. The zero-order valence-corrected chi connectivity index (χ0v) is 8.23. The van der Waals surface area contributed by atoms with Gasteiger partial charge in [-0.1, -0.05) is 12.2 Å². The molecule has 1 aliphatic rings. The Hall–Kier alpha value is -0.563. The number of hydrogen-bond donors (Lipinski definition) is 1. The first-order valence-electron chi connectivity index (χ1n) is 3.74. The summed E-state index contributed by atoms with van der Waals surface area (Å²) >= 11 is 0. The highest BCUT2D eigenvalue weighted by molar-refractivity contribution is 6.43. The summed E-state index contributed by atoms with van der Waals surface area (Å²) in [5.74, 6) is 0. The maximum Gasteiger partial charge on any atom is 0.189 e. The molecule has 2 heteroatoms. The molecule has 0 aromatic carbocycles. The van der Waals surface area contributed by atoms with Crippen LogP contribution in [0.4, 0.5) is 0 Å². The Morgan fingerprint density at radius 2 is 2.18 bits per heavy atom. The van der Waals surface area contributed by atoms with E-state index in [1.807, 2.05) is 12.2 Å². The van der Waals surface area contributed by atoms with Crippen LogP contribution in [0.5, 0.6) is 0 Å². The minimum atomic E-state index is 0.212. The van der Waals surface area contributed by atoms with E-state index in [0.29, 0.717) is 9.68 Å². The van der Waals surface area contributed by atoms with E-state index in [1.54, 1.807) is 0 Å². The predicted octanol–water partition coefficient (Wildman–Crippen LogP) is 1.60. The summed E-state index contributed by atoms with van der Waals surface area (Å²) in [6, 6.07) is 0. The van der Waals surface area contributed by atoms with Crippen LogP contribution in [0.2, 0.25) is 0 Å². The van der Waals surface area contributed by atoms with Crippen molar-refractivity contribution in [3.8, 4) is 0 Å². The SMILES string of the molecule is CC(C)(C)N[Si]C1=C=CC=C1. The Bertz CT molecular complexity index is 226. The van der Waals surface area contributed by atoms with Gasteiger partial charge in [-0.15, -0.1) is 5.73 Å². The van der Waals surface area contributed by atoms with Crippen LogP contribution < -0.4 is 4.98 Å². The van der Waals surface area contributed by atoms with Crippen LogP contribution in [0.3, 0.4) is 0 Å². The molecule has 0 spiro atoms. The lowest BCUT2D eigenvalue weighted by atomic mass is 10.1. The van der Waals surface area contributed by atoms with Crippen molar-refractivity contribution < 1.29 is 0 Å². The molecule has 0 bridgehead atoms. The molecule has 0 atom stereocenters. The van der Waals surface area contributed by atoms with Crippen molar-refractivity contribution in [2.24, 2.45) is 0 Å². The van der Waals surface area contributed by atoms with Gasteiger partial charge in [0.15, 0.2) is 9.68 Å². The molecule has 0 aromatic heterocycles.